The fraction of sp³-hybridized carbons (Fsp3) is 0.176. The van der Waals surface area contributed by atoms with Crippen molar-refractivity contribution in [2.24, 2.45) is 0 Å². The molecule has 0 fully saturated rings. The van der Waals surface area contributed by atoms with Gasteiger partial charge in [0.1, 0.15) is 11.5 Å². The first-order valence-corrected chi connectivity index (χ1v) is 7.55. The summed E-state index contributed by atoms with van der Waals surface area (Å²) in [6.45, 7) is 2.88. The van der Waals surface area contributed by atoms with Crippen LogP contribution in [0.4, 0.5) is 5.82 Å². The van der Waals surface area contributed by atoms with Gasteiger partial charge in [0.05, 0.1) is 6.26 Å². The van der Waals surface area contributed by atoms with E-state index in [4.69, 9.17) is 4.42 Å². The van der Waals surface area contributed by atoms with Gasteiger partial charge in [-0.05, 0) is 31.2 Å². The van der Waals surface area contributed by atoms with Crippen molar-refractivity contribution in [3.63, 3.8) is 0 Å². The highest BCUT2D eigenvalue weighted by Gasteiger charge is 2.08. The molecule has 1 amide bonds. The van der Waals surface area contributed by atoms with Crippen LogP contribution in [0.2, 0.25) is 0 Å². The lowest BCUT2D eigenvalue weighted by molar-refractivity contribution is 0.0927. The molecular formula is C17H17N5O2. The molecule has 122 valence electrons. The molecule has 3 aromatic heterocycles. The van der Waals surface area contributed by atoms with Crippen molar-refractivity contribution in [2.75, 3.05) is 18.4 Å². The number of nitrogens with zero attached hydrogens (tertiary/aromatic N) is 3. The molecule has 0 aromatic carbocycles. The Hall–Kier alpha value is -3.22. The first-order valence-electron chi connectivity index (χ1n) is 7.55. The van der Waals surface area contributed by atoms with Crippen molar-refractivity contribution in [3.8, 4) is 11.5 Å². The van der Waals surface area contributed by atoms with E-state index in [1.807, 2.05) is 31.2 Å². The number of amides is 1. The quantitative estimate of drug-likeness (QED) is 0.676. The largest absolute Gasteiger partial charge is 0.459 e. The number of nitrogens with one attached hydrogen (secondary N) is 2. The second-order valence-corrected chi connectivity index (χ2v) is 5.09. The van der Waals surface area contributed by atoms with E-state index in [-0.39, 0.29) is 5.91 Å². The molecular weight excluding hydrogens is 306 g/mol. The first-order chi connectivity index (χ1) is 11.7. The Morgan fingerprint density at radius 3 is 2.83 bits per heavy atom. The van der Waals surface area contributed by atoms with Crippen molar-refractivity contribution in [3.05, 3.63) is 60.3 Å². The minimum atomic E-state index is -0.241. The van der Waals surface area contributed by atoms with Gasteiger partial charge < -0.3 is 15.1 Å². The van der Waals surface area contributed by atoms with E-state index in [0.717, 1.165) is 11.4 Å². The summed E-state index contributed by atoms with van der Waals surface area (Å²) in [6.07, 6.45) is 3.17. The number of aryl methyl sites for hydroxylation is 1. The van der Waals surface area contributed by atoms with Crippen LogP contribution in [-0.2, 0) is 0 Å². The summed E-state index contributed by atoms with van der Waals surface area (Å²) in [6, 6.07) is 10.8. The van der Waals surface area contributed by atoms with Crippen molar-refractivity contribution in [1.29, 1.82) is 0 Å². The molecule has 0 spiro atoms. The molecule has 0 radical (unpaired) electrons. The molecule has 0 aliphatic rings. The smallest absolute Gasteiger partial charge is 0.287 e. The van der Waals surface area contributed by atoms with Crippen LogP contribution in [0.3, 0.4) is 0 Å². The molecule has 0 saturated carbocycles. The summed E-state index contributed by atoms with van der Waals surface area (Å²) in [5.74, 6) is 1.31. The van der Waals surface area contributed by atoms with Crippen molar-refractivity contribution < 1.29 is 9.21 Å². The van der Waals surface area contributed by atoms with Gasteiger partial charge in [-0.2, -0.15) is 0 Å². The van der Waals surface area contributed by atoms with E-state index in [1.54, 1.807) is 18.3 Å². The lowest BCUT2D eigenvalue weighted by Crippen LogP contribution is -2.28. The SMILES string of the molecule is Cc1cc(NCCNC(=O)c2ccco2)nc(-c2ccccn2)n1. The molecule has 7 heteroatoms. The maximum absolute atomic E-state index is 11.7. The van der Waals surface area contributed by atoms with Crippen LogP contribution < -0.4 is 10.6 Å². The number of hydrogen-bond donors (Lipinski definition) is 2. The number of pyridine rings is 1. The van der Waals surface area contributed by atoms with E-state index in [9.17, 15) is 4.79 Å². The molecule has 3 heterocycles. The third-order valence-corrected chi connectivity index (χ3v) is 3.21. The number of carbonyl (C=O) groups excluding carboxylic acids is 1. The van der Waals surface area contributed by atoms with Gasteiger partial charge in [0, 0.05) is 31.0 Å². The van der Waals surface area contributed by atoms with Gasteiger partial charge in [-0.25, -0.2) is 9.97 Å². The molecule has 0 aliphatic heterocycles. The zero-order chi connectivity index (χ0) is 16.8. The standard InChI is InChI=1S/C17H17N5O2/c1-12-11-15(22-16(21-12)13-5-2-3-7-18-13)19-8-9-20-17(23)14-6-4-10-24-14/h2-7,10-11H,8-9H2,1H3,(H,20,23)(H,19,21,22). The summed E-state index contributed by atoms with van der Waals surface area (Å²) < 4.78 is 5.03. The minimum Gasteiger partial charge on any atom is -0.459 e. The third kappa shape index (κ3) is 3.95. The van der Waals surface area contributed by atoms with Gasteiger partial charge in [-0.1, -0.05) is 6.07 Å². The van der Waals surface area contributed by atoms with Crippen LogP contribution in [0, 0.1) is 6.92 Å². The van der Waals surface area contributed by atoms with E-state index in [0.29, 0.717) is 30.5 Å². The van der Waals surface area contributed by atoms with Crippen molar-refractivity contribution in [1.82, 2.24) is 20.3 Å². The van der Waals surface area contributed by atoms with Gasteiger partial charge in [0.2, 0.25) is 0 Å². The third-order valence-electron chi connectivity index (χ3n) is 3.21. The molecule has 0 saturated heterocycles. The van der Waals surface area contributed by atoms with Gasteiger partial charge in [-0.3, -0.25) is 9.78 Å². The normalized spacial score (nSPS) is 10.4. The second kappa shape index (κ2) is 7.36. The fourth-order valence-corrected chi connectivity index (χ4v) is 2.13. The van der Waals surface area contributed by atoms with Gasteiger partial charge in [-0.15, -0.1) is 0 Å². The van der Waals surface area contributed by atoms with Gasteiger partial charge >= 0.3 is 0 Å². The predicted octanol–water partition coefficient (Wildman–Crippen LogP) is 2.28. The average molecular weight is 323 g/mol. The van der Waals surface area contributed by atoms with Crippen LogP contribution in [0.5, 0.6) is 0 Å². The van der Waals surface area contributed by atoms with Gasteiger partial charge in [0.15, 0.2) is 11.6 Å². The second-order valence-electron chi connectivity index (χ2n) is 5.09. The van der Waals surface area contributed by atoms with Crippen LogP contribution >= 0.6 is 0 Å². The molecule has 0 bridgehead atoms. The number of aromatic nitrogens is 3. The minimum absolute atomic E-state index is 0.241. The lowest BCUT2D eigenvalue weighted by Gasteiger charge is -2.09. The Morgan fingerprint density at radius 1 is 1.17 bits per heavy atom. The Kier molecular flexibility index (Phi) is 4.81. The van der Waals surface area contributed by atoms with E-state index < -0.39 is 0 Å². The Balaban J connectivity index is 1.57. The number of furan rings is 1. The molecule has 3 aromatic rings. The molecule has 7 nitrogen and oxygen atoms in total. The van der Waals surface area contributed by atoms with Crippen LogP contribution in [0.25, 0.3) is 11.5 Å². The summed E-state index contributed by atoms with van der Waals surface area (Å²) in [5.41, 5.74) is 1.56. The summed E-state index contributed by atoms with van der Waals surface area (Å²) >= 11 is 0. The predicted molar refractivity (Wildman–Crippen MR) is 89.5 cm³/mol. The monoisotopic (exact) mass is 323 g/mol. The van der Waals surface area contributed by atoms with Crippen LogP contribution in [-0.4, -0.2) is 33.9 Å². The van der Waals surface area contributed by atoms with E-state index in [2.05, 4.69) is 25.6 Å². The van der Waals surface area contributed by atoms with Gasteiger partial charge in [0.25, 0.3) is 5.91 Å². The summed E-state index contributed by atoms with van der Waals surface area (Å²) in [4.78, 5) is 24.9. The maximum Gasteiger partial charge on any atom is 0.287 e. The lowest BCUT2D eigenvalue weighted by atomic mass is 10.3. The molecule has 0 aliphatic carbocycles. The number of anilines is 1. The molecule has 24 heavy (non-hydrogen) atoms. The molecule has 0 atom stereocenters. The number of rotatable bonds is 6. The highest BCUT2D eigenvalue weighted by atomic mass is 16.3. The summed E-state index contributed by atoms with van der Waals surface area (Å²) in [7, 11) is 0. The zero-order valence-electron chi connectivity index (χ0n) is 13.2. The maximum atomic E-state index is 11.7. The highest BCUT2D eigenvalue weighted by molar-refractivity contribution is 5.91. The fourth-order valence-electron chi connectivity index (χ4n) is 2.13. The topological polar surface area (TPSA) is 92.9 Å². The van der Waals surface area contributed by atoms with Crippen LogP contribution in [0.15, 0.2) is 53.3 Å². The number of hydrogen-bond acceptors (Lipinski definition) is 6. The Labute approximate surface area is 139 Å². The van der Waals surface area contributed by atoms with E-state index >= 15 is 0 Å². The molecule has 2 N–H and O–H groups in total. The number of carbonyl (C=O) groups is 1. The van der Waals surface area contributed by atoms with Crippen molar-refractivity contribution in [2.45, 2.75) is 6.92 Å². The zero-order valence-corrected chi connectivity index (χ0v) is 13.2. The van der Waals surface area contributed by atoms with Crippen molar-refractivity contribution >= 4 is 11.7 Å². The summed E-state index contributed by atoms with van der Waals surface area (Å²) in [5, 5.41) is 5.94. The van der Waals surface area contributed by atoms with E-state index in [1.165, 1.54) is 6.26 Å². The highest BCUT2D eigenvalue weighted by Crippen LogP contribution is 2.15. The molecule has 3 rings (SSSR count). The Morgan fingerprint density at radius 2 is 2.08 bits per heavy atom. The average Bonchev–Trinajstić information content (AvgIpc) is 3.14. The first kappa shape index (κ1) is 15.7. The molecule has 0 unspecified atom stereocenters. The Bertz CT molecular complexity index is 803. The van der Waals surface area contributed by atoms with Crippen LogP contribution in [0.1, 0.15) is 16.2 Å².